The standard InChI is InChI=1S/C16H22BrF2NO/c1-11-3-2-4-12(7-11)9-20-10-13-8-14(17)5-6-15(13)21-16(18)19/h5-6,8,11-12,16,20H,2-4,7,9-10H2,1H3. The molecule has 1 aromatic rings. The fraction of sp³-hybridized carbons (Fsp3) is 0.625. The number of hydrogen-bond acceptors (Lipinski definition) is 2. The molecule has 2 rings (SSSR count). The number of hydrogen-bond donors (Lipinski definition) is 1. The monoisotopic (exact) mass is 361 g/mol. The van der Waals surface area contributed by atoms with E-state index in [1.807, 2.05) is 6.07 Å². The third-order valence-electron chi connectivity index (χ3n) is 4.03. The van der Waals surface area contributed by atoms with Gasteiger partial charge in [0.1, 0.15) is 5.75 Å². The fourth-order valence-electron chi connectivity index (χ4n) is 3.05. The Morgan fingerprint density at radius 1 is 1.38 bits per heavy atom. The van der Waals surface area contributed by atoms with Crippen LogP contribution in [0.5, 0.6) is 5.75 Å². The van der Waals surface area contributed by atoms with E-state index in [2.05, 4.69) is 32.9 Å². The van der Waals surface area contributed by atoms with Gasteiger partial charge in [0.25, 0.3) is 0 Å². The highest BCUT2D eigenvalue weighted by atomic mass is 79.9. The number of rotatable bonds is 6. The van der Waals surface area contributed by atoms with Crippen LogP contribution in [0.15, 0.2) is 22.7 Å². The Morgan fingerprint density at radius 3 is 2.90 bits per heavy atom. The van der Waals surface area contributed by atoms with Gasteiger partial charge in [-0.1, -0.05) is 35.7 Å². The molecule has 21 heavy (non-hydrogen) atoms. The van der Waals surface area contributed by atoms with Crippen LogP contribution in [0, 0.1) is 11.8 Å². The minimum atomic E-state index is -2.79. The fourth-order valence-corrected chi connectivity index (χ4v) is 3.46. The summed E-state index contributed by atoms with van der Waals surface area (Å²) in [5.74, 6) is 1.74. The molecule has 1 saturated carbocycles. The van der Waals surface area contributed by atoms with Gasteiger partial charge in [0.15, 0.2) is 0 Å². The van der Waals surface area contributed by atoms with Gasteiger partial charge >= 0.3 is 6.61 Å². The molecular formula is C16H22BrF2NO. The maximum atomic E-state index is 12.4. The van der Waals surface area contributed by atoms with Crippen LogP contribution in [-0.4, -0.2) is 13.2 Å². The third kappa shape index (κ3) is 5.55. The molecule has 0 radical (unpaired) electrons. The molecular weight excluding hydrogens is 340 g/mol. The predicted octanol–water partition coefficient (Wildman–Crippen LogP) is 4.97. The van der Waals surface area contributed by atoms with Gasteiger partial charge in [-0.25, -0.2) is 0 Å². The molecule has 1 aromatic carbocycles. The van der Waals surface area contributed by atoms with E-state index in [0.717, 1.165) is 22.5 Å². The Labute approximate surface area is 133 Å². The van der Waals surface area contributed by atoms with Gasteiger partial charge in [-0.3, -0.25) is 0 Å². The van der Waals surface area contributed by atoms with E-state index in [9.17, 15) is 8.78 Å². The quantitative estimate of drug-likeness (QED) is 0.772. The first-order valence-corrected chi connectivity index (χ1v) is 8.28. The average Bonchev–Trinajstić information content (AvgIpc) is 2.41. The van der Waals surface area contributed by atoms with Crippen molar-refractivity contribution in [1.29, 1.82) is 0 Å². The number of ether oxygens (including phenoxy) is 1. The van der Waals surface area contributed by atoms with E-state index in [0.29, 0.717) is 12.5 Å². The summed E-state index contributed by atoms with van der Waals surface area (Å²) < 4.78 is 30.2. The van der Waals surface area contributed by atoms with Crippen molar-refractivity contribution in [3.8, 4) is 5.75 Å². The Kier molecular flexibility index (Phi) is 6.42. The van der Waals surface area contributed by atoms with Gasteiger partial charge in [0, 0.05) is 16.6 Å². The summed E-state index contributed by atoms with van der Waals surface area (Å²) in [5, 5.41) is 3.39. The minimum Gasteiger partial charge on any atom is -0.434 e. The van der Waals surface area contributed by atoms with Gasteiger partial charge in [-0.2, -0.15) is 8.78 Å². The number of alkyl halides is 2. The molecule has 0 heterocycles. The van der Waals surface area contributed by atoms with E-state index in [1.54, 1.807) is 12.1 Å². The predicted molar refractivity (Wildman–Crippen MR) is 83.6 cm³/mol. The highest BCUT2D eigenvalue weighted by molar-refractivity contribution is 9.10. The largest absolute Gasteiger partial charge is 0.434 e. The lowest BCUT2D eigenvalue weighted by molar-refractivity contribution is -0.0505. The second-order valence-corrected chi connectivity index (χ2v) is 6.81. The van der Waals surface area contributed by atoms with Crippen LogP contribution in [0.1, 0.15) is 38.2 Å². The molecule has 2 atom stereocenters. The van der Waals surface area contributed by atoms with Gasteiger partial charge in [-0.05, 0) is 49.4 Å². The first kappa shape index (κ1) is 16.7. The van der Waals surface area contributed by atoms with Gasteiger partial charge < -0.3 is 10.1 Å². The van der Waals surface area contributed by atoms with Crippen LogP contribution in [0.4, 0.5) is 8.78 Å². The zero-order valence-electron chi connectivity index (χ0n) is 12.2. The topological polar surface area (TPSA) is 21.3 Å². The summed E-state index contributed by atoms with van der Waals surface area (Å²) in [5.41, 5.74) is 0.758. The molecule has 2 nitrogen and oxygen atoms in total. The van der Waals surface area contributed by atoms with Crippen molar-refractivity contribution in [1.82, 2.24) is 5.32 Å². The van der Waals surface area contributed by atoms with Crippen molar-refractivity contribution >= 4 is 15.9 Å². The average molecular weight is 362 g/mol. The van der Waals surface area contributed by atoms with Crippen molar-refractivity contribution in [2.24, 2.45) is 11.8 Å². The molecule has 1 N–H and O–H groups in total. The molecule has 0 amide bonds. The van der Waals surface area contributed by atoms with Crippen LogP contribution in [0.25, 0.3) is 0 Å². The van der Waals surface area contributed by atoms with Gasteiger partial charge in [0.05, 0.1) is 0 Å². The smallest absolute Gasteiger partial charge is 0.387 e. The lowest BCUT2D eigenvalue weighted by atomic mass is 9.82. The Morgan fingerprint density at radius 2 is 2.19 bits per heavy atom. The maximum Gasteiger partial charge on any atom is 0.387 e. The highest BCUT2D eigenvalue weighted by Gasteiger charge is 2.18. The lowest BCUT2D eigenvalue weighted by Gasteiger charge is -2.27. The third-order valence-corrected chi connectivity index (χ3v) is 4.53. The molecule has 0 aliphatic heterocycles. The number of halogens is 3. The molecule has 2 unspecified atom stereocenters. The molecule has 1 aliphatic rings. The van der Waals surface area contributed by atoms with Crippen molar-refractivity contribution in [2.45, 2.75) is 45.8 Å². The van der Waals surface area contributed by atoms with Crippen LogP contribution >= 0.6 is 15.9 Å². The summed E-state index contributed by atoms with van der Waals surface area (Å²) in [7, 11) is 0. The molecule has 1 fully saturated rings. The number of benzene rings is 1. The summed E-state index contributed by atoms with van der Waals surface area (Å²) >= 11 is 3.37. The Bertz CT molecular complexity index is 456. The maximum absolute atomic E-state index is 12.4. The zero-order chi connectivity index (χ0) is 15.2. The van der Waals surface area contributed by atoms with Gasteiger partial charge in [0.2, 0.25) is 0 Å². The van der Waals surface area contributed by atoms with Crippen molar-refractivity contribution in [3.05, 3.63) is 28.2 Å². The first-order chi connectivity index (χ1) is 10.0. The van der Waals surface area contributed by atoms with E-state index >= 15 is 0 Å². The molecule has 5 heteroatoms. The lowest BCUT2D eigenvalue weighted by Crippen LogP contribution is -2.26. The Hall–Kier alpha value is -0.680. The summed E-state index contributed by atoms with van der Waals surface area (Å²) in [6.45, 7) is 0.996. The molecule has 0 bridgehead atoms. The SMILES string of the molecule is CC1CCCC(CNCc2cc(Br)ccc2OC(F)F)C1. The summed E-state index contributed by atoms with van der Waals surface area (Å²) in [4.78, 5) is 0. The highest BCUT2D eigenvalue weighted by Crippen LogP contribution is 2.28. The second kappa shape index (κ2) is 8.08. The van der Waals surface area contributed by atoms with E-state index in [-0.39, 0.29) is 5.75 Å². The number of nitrogens with one attached hydrogen (secondary N) is 1. The Balaban J connectivity index is 1.88. The van der Waals surface area contributed by atoms with E-state index in [1.165, 1.54) is 25.7 Å². The van der Waals surface area contributed by atoms with Crippen molar-refractivity contribution in [2.75, 3.05) is 6.54 Å². The normalized spacial score (nSPS) is 22.5. The molecule has 0 saturated heterocycles. The molecule has 1 aliphatic carbocycles. The van der Waals surface area contributed by atoms with E-state index < -0.39 is 6.61 Å². The minimum absolute atomic E-state index is 0.248. The molecule has 0 aromatic heterocycles. The summed E-state index contributed by atoms with van der Waals surface area (Å²) in [6, 6.07) is 5.12. The van der Waals surface area contributed by atoms with Gasteiger partial charge in [-0.15, -0.1) is 0 Å². The zero-order valence-corrected chi connectivity index (χ0v) is 13.8. The van der Waals surface area contributed by atoms with E-state index in [4.69, 9.17) is 0 Å². The van der Waals surface area contributed by atoms with Crippen LogP contribution in [0.2, 0.25) is 0 Å². The van der Waals surface area contributed by atoms with Crippen molar-refractivity contribution < 1.29 is 13.5 Å². The second-order valence-electron chi connectivity index (χ2n) is 5.90. The van der Waals surface area contributed by atoms with Crippen molar-refractivity contribution in [3.63, 3.8) is 0 Å². The van der Waals surface area contributed by atoms with Crippen LogP contribution < -0.4 is 10.1 Å². The molecule has 118 valence electrons. The van der Waals surface area contributed by atoms with Crippen LogP contribution in [-0.2, 0) is 6.54 Å². The molecule has 0 spiro atoms. The first-order valence-electron chi connectivity index (χ1n) is 7.48. The van der Waals surface area contributed by atoms with Crippen LogP contribution in [0.3, 0.4) is 0 Å². The summed E-state index contributed by atoms with van der Waals surface area (Å²) in [6.07, 6.45) is 5.14.